The summed E-state index contributed by atoms with van der Waals surface area (Å²) in [5, 5.41) is 11.2. The molecule has 33 heavy (non-hydrogen) atoms. The van der Waals surface area contributed by atoms with Crippen LogP contribution in [0.1, 0.15) is 43.5 Å². The fraction of sp³-hybridized carbons (Fsp3) is 0.385. The number of ether oxygens (including phenoxy) is 2. The molecule has 0 aliphatic carbocycles. The second-order valence-electron chi connectivity index (χ2n) is 9.74. The van der Waals surface area contributed by atoms with E-state index in [4.69, 9.17) is 9.47 Å². The fourth-order valence-corrected chi connectivity index (χ4v) is 4.13. The Morgan fingerprint density at radius 1 is 1.06 bits per heavy atom. The Hall–Kier alpha value is -3.32. The molecule has 0 bridgehead atoms. The molecule has 1 N–H and O–H groups in total. The third-order valence-electron chi connectivity index (χ3n) is 6.07. The summed E-state index contributed by atoms with van der Waals surface area (Å²) in [4.78, 5) is 29.7. The Labute approximate surface area is 194 Å². The van der Waals surface area contributed by atoms with Gasteiger partial charge >= 0.3 is 0 Å². The van der Waals surface area contributed by atoms with Gasteiger partial charge in [-0.2, -0.15) is 0 Å². The normalized spacial score (nSPS) is 19.6. The largest absolute Gasteiger partial charge is 0.507 e. The number of hydrogen-bond donors (Lipinski definition) is 1. The zero-order chi connectivity index (χ0) is 23.9. The van der Waals surface area contributed by atoms with Gasteiger partial charge in [0.25, 0.3) is 11.7 Å². The van der Waals surface area contributed by atoms with E-state index in [9.17, 15) is 14.7 Å². The Morgan fingerprint density at radius 3 is 2.36 bits per heavy atom. The molecule has 2 aliphatic heterocycles. The predicted molar refractivity (Wildman–Crippen MR) is 125 cm³/mol. The number of likely N-dealkylation sites (tertiary alicyclic amines) is 1. The number of Topliss-reactive ketones (excluding diaryl/α,β-unsaturated/α-hetero) is 1. The number of fused-ring (bicyclic) bond motifs is 1. The topological polar surface area (TPSA) is 79.3 Å². The molecule has 2 heterocycles. The van der Waals surface area contributed by atoms with Crippen LogP contribution in [-0.2, 0) is 15.0 Å². The van der Waals surface area contributed by atoms with Crippen molar-refractivity contribution in [3.8, 4) is 11.5 Å². The molecule has 1 amide bonds. The first-order chi connectivity index (χ1) is 15.6. The van der Waals surface area contributed by atoms with Crippen molar-refractivity contribution in [1.82, 2.24) is 9.80 Å². The summed E-state index contributed by atoms with van der Waals surface area (Å²) in [6.45, 7) is 7.45. The van der Waals surface area contributed by atoms with Crippen molar-refractivity contribution in [3.05, 3.63) is 64.7 Å². The summed E-state index contributed by atoms with van der Waals surface area (Å²) < 4.78 is 10.8. The van der Waals surface area contributed by atoms with Gasteiger partial charge in [0, 0.05) is 18.7 Å². The number of likely N-dealkylation sites (N-methyl/N-ethyl adjacent to an activating group) is 1. The van der Waals surface area contributed by atoms with Crippen LogP contribution in [-0.4, -0.2) is 60.6 Å². The lowest BCUT2D eigenvalue weighted by Crippen LogP contribution is -2.35. The smallest absolute Gasteiger partial charge is 0.295 e. The standard InChI is InChI=1S/C26H30N2O5/c1-26(2,3)18-9-6-16(7-10-18)22-21(24(30)25(31)28(22)13-12-27(4)5)23(29)17-8-11-19-20(14-17)33-15-32-19/h6-11,14,22,29H,12-13,15H2,1-5H3/b23-21+. The second-order valence-corrected chi connectivity index (χ2v) is 9.74. The predicted octanol–water partition coefficient (Wildman–Crippen LogP) is 3.70. The zero-order valence-corrected chi connectivity index (χ0v) is 19.7. The van der Waals surface area contributed by atoms with Crippen molar-refractivity contribution >= 4 is 17.4 Å². The zero-order valence-electron chi connectivity index (χ0n) is 19.7. The molecule has 7 nitrogen and oxygen atoms in total. The van der Waals surface area contributed by atoms with Crippen molar-refractivity contribution in [2.45, 2.75) is 32.2 Å². The third kappa shape index (κ3) is 4.33. The van der Waals surface area contributed by atoms with E-state index in [1.807, 2.05) is 43.3 Å². The molecule has 2 aromatic carbocycles. The Morgan fingerprint density at radius 2 is 1.73 bits per heavy atom. The first-order valence-electron chi connectivity index (χ1n) is 11.0. The van der Waals surface area contributed by atoms with E-state index in [1.165, 1.54) is 0 Å². The van der Waals surface area contributed by atoms with Gasteiger partial charge in [-0.05, 0) is 48.8 Å². The highest BCUT2D eigenvalue weighted by molar-refractivity contribution is 6.46. The average molecular weight is 451 g/mol. The van der Waals surface area contributed by atoms with Crippen LogP contribution < -0.4 is 9.47 Å². The van der Waals surface area contributed by atoms with Crippen molar-refractivity contribution in [2.75, 3.05) is 34.0 Å². The molecule has 2 aromatic rings. The van der Waals surface area contributed by atoms with Gasteiger partial charge in [-0.15, -0.1) is 0 Å². The van der Waals surface area contributed by atoms with Gasteiger partial charge in [0.15, 0.2) is 11.5 Å². The van der Waals surface area contributed by atoms with E-state index < -0.39 is 17.7 Å². The molecule has 1 fully saturated rings. The molecule has 7 heteroatoms. The number of rotatable bonds is 5. The minimum Gasteiger partial charge on any atom is -0.507 e. The second kappa shape index (κ2) is 8.56. The number of ketones is 1. The molecule has 0 spiro atoms. The molecule has 0 aromatic heterocycles. The van der Waals surface area contributed by atoms with E-state index in [0.717, 1.165) is 11.1 Å². The van der Waals surface area contributed by atoms with Gasteiger partial charge in [-0.3, -0.25) is 9.59 Å². The number of carbonyl (C=O) groups is 2. The molecular weight excluding hydrogens is 420 g/mol. The quantitative estimate of drug-likeness (QED) is 0.425. The number of amides is 1. The van der Waals surface area contributed by atoms with E-state index >= 15 is 0 Å². The van der Waals surface area contributed by atoms with Gasteiger partial charge in [-0.25, -0.2) is 0 Å². The number of hydrogen-bond acceptors (Lipinski definition) is 6. The summed E-state index contributed by atoms with van der Waals surface area (Å²) in [6, 6.07) is 12.2. The lowest BCUT2D eigenvalue weighted by atomic mass is 9.85. The van der Waals surface area contributed by atoms with Crippen molar-refractivity contribution in [1.29, 1.82) is 0 Å². The van der Waals surface area contributed by atoms with E-state index in [2.05, 4.69) is 20.8 Å². The van der Waals surface area contributed by atoms with Gasteiger partial charge in [0.2, 0.25) is 6.79 Å². The molecule has 1 saturated heterocycles. The Bertz CT molecular complexity index is 1110. The van der Waals surface area contributed by atoms with Crippen molar-refractivity contribution in [2.24, 2.45) is 0 Å². The van der Waals surface area contributed by atoms with Crippen LogP contribution >= 0.6 is 0 Å². The van der Waals surface area contributed by atoms with Gasteiger partial charge in [-0.1, -0.05) is 45.0 Å². The fourth-order valence-electron chi connectivity index (χ4n) is 4.13. The van der Waals surface area contributed by atoms with Crippen LogP contribution in [0.25, 0.3) is 5.76 Å². The molecule has 0 saturated carbocycles. The highest BCUT2D eigenvalue weighted by atomic mass is 16.7. The molecule has 174 valence electrons. The highest BCUT2D eigenvalue weighted by Gasteiger charge is 2.46. The number of carbonyl (C=O) groups excluding carboxylic acids is 2. The summed E-state index contributed by atoms with van der Waals surface area (Å²) >= 11 is 0. The summed E-state index contributed by atoms with van der Waals surface area (Å²) in [7, 11) is 3.83. The molecule has 1 unspecified atom stereocenters. The first kappa shape index (κ1) is 22.9. The van der Waals surface area contributed by atoms with Crippen LogP contribution in [0.5, 0.6) is 11.5 Å². The van der Waals surface area contributed by atoms with Crippen LogP contribution in [0.4, 0.5) is 0 Å². The molecule has 4 rings (SSSR count). The summed E-state index contributed by atoms with van der Waals surface area (Å²) in [5.41, 5.74) is 2.38. The van der Waals surface area contributed by atoms with Crippen LogP contribution in [0.3, 0.4) is 0 Å². The Kier molecular flexibility index (Phi) is 5.93. The summed E-state index contributed by atoms with van der Waals surface area (Å²) in [6.07, 6.45) is 0. The molecule has 0 radical (unpaired) electrons. The molecule has 2 aliphatic rings. The summed E-state index contributed by atoms with van der Waals surface area (Å²) in [5.74, 6) is -0.443. The maximum absolute atomic E-state index is 13.1. The highest BCUT2D eigenvalue weighted by Crippen LogP contribution is 2.41. The number of aliphatic hydroxyl groups is 1. The van der Waals surface area contributed by atoms with Crippen molar-refractivity contribution in [3.63, 3.8) is 0 Å². The van der Waals surface area contributed by atoms with Crippen molar-refractivity contribution < 1.29 is 24.2 Å². The maximum atomic E-state index is 13.1. The minimum absolute atomic E-state index is 0.0300. The SMILES string of the molecule is CN(C)CCN1C(=O)C(=O)/C(=C(/O)c2ccc3c(c2)OCO3)C1c1ccc(C(C)(C)C)cc1. The van der Waals surface area contributed by atoms with Crippen LogP contribution in [0.2, 0.25) is 0 Å². The minimum atomic E-state index is -0.686. The van der Waals surface area contributed by atoms with Crippen LogP contribution in [0.15, 0.2) is 48.0 Å². The maximum Gasteiger partial charge on any atom is 0.295 e. The van der Waals surface area contributed by atoms with Gasteiger partial charge < -0.3 is 24.4 Å². The lowest BCUT2D eigenvalue weighted by molar-refractivity contribution is -0.140. The first-order valence-corrected chi connectivity index (χ1v) is 11.0. The number of nitrogens with zero attached hydrogens (tertiary/aromatic N) is 2. The number of aliphatic hydroxyl groups excluding tert-OH is 1. The average Bonchev–Trinajstić information content (AvgIpc) is 3.33. The van der Waals surface area contributed by atoms with Crippen LogP contribution in [0, 0.1) is 0 Å². The Balaban J connectivity index is 1.81. The van der Waals surface area contributed by atoms with E-state index in [1.54, 1.807) is 23.1 Å². The van der Waals surface area contributed by atoms with Gasteiger partial charge in [0.1, 0.15) is 5.76 Å². The number of benzene rings is 2. The lowest BCUT2D eigenvalue weighted by Gasteiger charge is -2.27. The van der Waals surface area contributed by atoms with E-state index in [0.29, 0.717) is 30.2 Å². The molecule has 1 atom stereocenters. The van der Waals surface area contributed by atoms with Gasteiger partial charge in [0.05, 0.1) is 11.6 Å². The van der Waals surface area contributed by atoms with E-state index in [-0.39, 0.29) is 23.5 Å². The monoisotopic (exact) mass is 450 g/mol. The molecular formula is C26H30N2O5. The third-order valence-corrected chi connectivity index (χ3v) is 6.07.